The van der Waals surface area contributed by atoms with Crippen LogP contribution in [-0.4, -0.2) is 13.1 Å². The highest BCUT2D eigenvalue weighted by Crippen LogP contribution is 1.86. The Labute approximate surface area is 69.6 Å². The van der Waals surface area contributed by atoms with Crippen LogP contribution in [0.3, 0.4) is 0 Å². The summed E-state index contributed by atoms with van der Waals surface area (Å²) in [5, 5.41) is 0. The third kappa shape index (κ3) is 5.09. The van der Waals surface area contributed by atoms with Crippen molar-refractivity contribution in [3.63, 3.8) is 0 Å². The molecule has 0 spiro atoms. The minimum Gasteiger partial charge on any atom is -0.469 e. The van der Waals surface area contributed by atoms with E-state index in [1.807, 2.05) is 0 Å². The molecule has 0 aliphatic carbocycles. The number of ether oxygens (including phenoxy) is 1. The molecule has 56 valence electrons. The fraction of sp³-hybridized carbons (Fsp3) is 0.375. The van der Waals surface area contributed by atoms with Gasteiger partial charge in [0.2, 0.25) is 0 Å². The third-order valence-corrected chi connectivity index (χ3v) is 0.648. The normalized spacial score (nSPS) is 26.0. The van der Waals surface area contributed by atoms with Crippen molar-refractivity contribution in [1.82, 2.24) is 0 Å². The fourth-order valence-electron chi connectivity index (χ4n) is 0.261. The summed E-state index contributed by atoms with van der Waals surface area (Å²) in [6.45, 7) is -1.66. The van der Waals surface area contributed by atoms with Crippen LogP contribution in [0.2, 0.25) is 0 Å². The first-order valence-electron chi connectivity index (χ1n) is 5.75. The van der Waals surface area contributed by atoms with Crippen LogP contribution in [-0.2, 0) is 9.53 Å². The van der Waals surface area contributed by atoms with Crippen molar-refractivity contribution in [1.29, 1.82) is 0 Å². The van der Waals surface area contributed by atoms with E-state index < -0.39 is 37.4 Å². The topological polar surface area (TPSA) is 26.3 Å². The lowest BCUT2D eigenvalue weighted by Gasteiger charge is -1.89. The zero-order valence-electron chi connectivity index (χ0n) is 11.5. The summed E-state index contributed by atoms with van der Waals surface area (Å²) in [5.74, 6) is -0.877. The van der Waals surface area contributed by atoms with Gasteiger partial charge in [0.15, 0.2) is 0 Å². The molecule has 1 atom stereocenters. The second-order valence-electron chi connectivity index (χ2n) is 1.27. The summed E-state index contributed by atoms with van der Waals surface area (Å²) >= 11 is 0. The van der Waals surface area contributed by atoms with E-state index in [-0.39, 0.29) is 0 Å². The van der Waals surface area contributed by atoms with Crippen LogP contribution in [0.15, 0.2) is 24.2 Å². The molecular formula is C8H12O2. The number of carbonyl (C=O) groups excluding carboxylic acids is 1. The summed E-state index contributed by atoms with van der Waals surface area (Å²) in [6.07, 6.45) is -0.619. The molecule has 0 aliphatic rings. The van der Waals surface area contributed by atoms with Gasteiger partial charge in [-0.15, -0.1) is 0 Å². The molecule has 0 saturated carbocycles. The van der Waals surface area contributed by atoms with Gasteiger partial charge < -0.3 is 4.74 Å². The molecular weight excluding hydrogens is 128 g/mol. The Morgan fingerprint density at radius 1 is 1.90 bits per heavy atom. The molecule has 0 amide bonds. The molecule has 0 rings (SSSR count). The quantitative estimate of drug-likeness (QED) is 0.447. The van der Waals surface area contributed by atoms with E-state index in [4.69, 9.17) is 8.22 Å². The smallest absolute Gasteiger partial charge is 0.309 e. The summed E-state index contributed by atoms with van der Waals surface area (Å²) in [4.78, 5) is 10.8. The lowest BCUT2D eigenvalue weighted by Crippen LogP contribution is -1.96. The van der Waals surface area contributed by atoms with Gasteiger partial charge in [0, 0.05) is 4.11 Å². The molecule has 0 aromatic rings. The van der Waals surface area contributed by atoms with E-state index in [1.165, 1.54) is 0 Å². The number of carbonyl (C=O) groups is 1. The molecule has 0 saturated heterocycles. The highest BCUT2D eigenvalue weighted by atomic mass is 16.5. The van der Waals surface area contributed by atoms with Gasteiger partial charge in [-0.3, -0.25) is 4.79 Å². The molecule has 2 heteroatoms. The van der Waals surface area contributed by atoms with Crippen molar-refractivity contribution < 1.29 is 17.8 Å². The van der Waals surface area contributed by atoms with Crippen LogP contribution in [0.1, 0.15) is 21.5 Å². The van der Waals surface area contributed by atoms with E-state index in [1.54, 1.807) is 0 Å². The molecule has 0 radical (unpaired) electrons. The maximum Gasteiger partial charge on any atom is 0.309 e. The Hall–Kier alpha value is -1.05. The third-order valence-electron chi connectivity index (χ3n) is 0.648. The van der Waals surface area contributed by atoms with Crippen LogP contribution < -0.4 is 0 Å². The van der Waals surface area contributed by atoms with Crippen LogP contribution >= 0.6 is 0 Å². The molecule has 0 bridgehead atoms. The standard InChI is InChI=1S/C8H12O2/c1-3-4-5-6-7-8(9)10-2/h3-6H,7H2,1-2H3/b4-3-,6-5+/i1D2,3D,4D,5D,7D. The predicted molar refractivity (Wildman–Crippen MR) is 40.6 cm³/mol. The van der Waals surface area contributed by atoms with Crippen molar-refractivity contribution in [3.05, 3.63) is 24.2 Å². The average molecular weight is 146 g/mol. The molecule has 0 aromatic heterocycles. The van der Waals surface area contributed by atoms with Gasteiger partial charge in [-0.05, 0) is 6.88 Å². The van der Waals surface area contributed by atoms with Crippen LogP contribution in [0.4, 0.5) is 0 Å². The van der Waals surface area contributed by atoms with Gasteiger partial charge in [-0.1, -0.05) is 24.2 Å². The van der Waals surface area contributed by atoms with Crippen LogP contribution in [0.25, 0.3) is 0 Å². The van der Waals surface area contributed by atoms with Gasteiger partial charge in [0.25, 0.3) is 0 Å². The summed E-state index contributed by atoms with van der Waals surface area (Å²) in [6, 6.07) is -1.84. The largest absolute Gasteiger partial charge is 0.469 e. The number of allylic oxidation sites excluding steroid dienone is 3. The maximum atomic E-state index is 10.8. The van der Waals surface area contributed by atoms with E-state index >= 15 is 0 Å². The maximum absolute atomic E-state index is 10.8. The number of esters is 1. The van der Waals surface area contributed by atoms with Gasteiger partial charge in [0.1, 0.15) is 0 Å². The molecule has 1 unspecified atom stereocenters. The van der Waals surface area contributed by atoms with Crippen molar-refractivity contribution in [2.24, 2.45) is 0 Å². The van der Waals surface area contributed by atoms with Crippen LogP contribution in [0.5, 0.6) is 0 Å². The molecule has 0 aliphatic heterocycles. The first kappa shape index (κ1) is 2.91. The minimum absolute atomic E-state index is 0.542. The van der Waals surface area contributed by atoms with Crippen LogP contribution in [0, 0.1) is 0 Å². The van der Waals surface area contributed by atoms with E-state index in [0.29, 0.717) is 0 Å². The molecule has 0 N–H and O–H groups in total. The number of rotatable bonds is 3. The average Bonchev–Trinajstić information content (AvgIpc) is 2.25. The summed E-state index contributed by atoms with van der Waals surface area (Å²) in [5.41, 5.74) is 0. The van der Waals surface area contributed by atoms with Crippen molar-refractivity contribution in [3.8, 4) is 0 Å². The fourth-order valence-corrected chi connectivity index (χ4v) is 0.261. The van der Waals surface area contributed by atoms with Gasteiger partial charge >= 0.3 is 5.97 Å². The van der Waals surface area contributed by atoms with Gasteiger partial charge in [-0.25, -0.2) is 0 Å². The molecule has 0 fully saturated rings. The number of hydrogen-bond donors (Lipinski definition) is 0. The zero-order valence-corrected chi connectivity index (χ0v) is 5.55. The van der Waals surface area contributed by atoms with Gasteiger partial charge in [-0.2, -0.15) is 0 Å². The summed E-state index contributed by atoms with van der Waals surface area (Å²) < 4.78 is 46.9. The van der Waals surface area contributed by atoms with E-state index in [9.17, 15) is 4.79 Å². The second-order valence-corrected chi connectivity index (χ2v) is 1.27. The Morgan fingerprint density at radius 2 is 2.70 bits per heavy atom. The second kappa shape index (κ2) is 6.08. The molecule has 2 nitrogen and oxygen atoms in total. The number of hydrogen-bond acceptors (Lipinski definition) is 2. The van der Waals surface area contributed by atoms with Crippen molar-refractivity contribution >= 4 is 5.97 Å². The summed E-state index contributed by atoms with van der Waals surface area (Å²) in [7, 11) is 1.10. The van der Waals surface area contributed by atoms with Gasteiger partial charge in [0.05, 0.1) is 17.6 Å². The Morgan fingerprint density at radius 3 is 3.30 bits per heavy atom. The lowest BCUT2D eigenvalue weighted by molar-refractivity contribution is -0.139. The minimum atomic E-state index is -1.66. The highest BCUT2D eigenvalue weighted by Gasteiger charge is 1.91. The zero-order chi connectivity index (χ0) is 12.9. The number of methoxy groups -OCH3 is 1. The Kier molecular flexibility index (Phi) is 1.77. The Balaban J connectivity index is 4.93. The first-order chi connectivity index (χ1) is 7.31. The predicted octanol–water partition coefficient (Wildman–Crippen LogP) is 1.68. The van der Waals surface area contributed by atoms with Crippen molar-refractivity contribution in [2.45, 2.75) is 13.3 Å². The van der Waals surface area contributed by atoms with E-state index in [2.05, 4.69) is 4.74 Å². The monoisotopic (exact) mass is 146 g/mol. The Bertz CT molecular complexity index is 322. The molecule has 10 heavy (non-hydrogen) atoms. The van der Waals surface area contributed by atoms with E-state index in [0.717, 1.165) is 13.2 Å². The first-order valence-corrected chi connectivity index (χ1v) is 2.52. The molecule has 0 aromatic carbocycles. The van der Waals surface area contributed by atoms with Crippen molar-refractivity contribution in [2.75, 3.05) is 7.11 Å². The molecule has 0 heterocycles. The SMILES string of the molecule is [2H]C(=C(\[2H])C([2H])[2H])/C([2H])=C/C([2H])C(=O)OC. The lowest BCUT2D eigenvalue weighted by atomic mass is 10.3. The highest BCUT2D eigenvalue weighted by molar-refractivity contribution is 5.70.